The third-order valence-corrected chi connectivity index (χ3v) is 4.28. The Hall–Kier alpha value is -4.27. The number of rotatable bonds is 7. The second-order valence-electron chi connectivity index (χ2n) is 6.27. The Bertz CT molecular complexity index is 1130. The number of benzene rings is 2. The highest BCUT2D eigenvalue weighted by Crippen LogP contribution is 2.27. The van der Waals surface area contributed by atoms with Gasteiger partial charge in [0, 0.05) is 23.6 Å². The lowest BCUT2D eigenvalue weighted by atomic mass is 10.2. The van der Waals surface area contributed by atoms with Gasteiger partial charge < -0.3 is 14.8 Å². The van der Waals surface area contributed by atoms with Gasteiger partial charge in [-0.15, -0.1) is 5.10 Å². The summed E-state index contributed by atoms with van der Waals surface area (Å²) in [6, 6.07) is 16.2. The van der Waals surface area contributed by atoms with Crippen LogP contribution in [0, 0.1) is 0 Å². The van der Waals surface area contributed by atoms with Gasteiger partial charge in [-0.1, -0.05) is 12.1 Å². The smallest absolute Gasteiger partial charge is 0.255 e. The fourth-order valence-electron chi connectivity index (χ4n) is 2.80. The van der Waals surface area contributed by atoms with Crippen LogP contribution >= 0.6 is 0 Å². The van der Waals surface area contributed by atoms with Gasteiger partial charge in [0.2, 0.25) is 0 Å². The Kier molecular flexibility index (Phi) is 5.61. The van der Waals surface area contributed by atoms with Crippen molar-refractivity contribution in [2.75, 3.05) is 12.4 Å². The SMILES string of the molecule is COc1cccc(COc2ccc(NC(=O)c3ccncc3)cc2-n2cnnn2)c1. The van der Waals surface area contributed by atoms with E-state index >= 15 is 0 Å². The minimum Gasteiger partial charge on any atom is -0.497 e. The second-order valence-corrected chi connectivity index (χ2v) is 6.27. The molecule has 0 saturated heterocycles. The van der Waals surface area contributed by atoms with Crippen LogP contribution in [0.1, 0.15) is 15.9 Å². The maximum Gasteiger partial charge on any atom is 0.255 e. The first-order valence-corrected chi connectivity index (χ1v) is 9.07. The topological polar surface area (TPSA) is 104 Å². The molecule has 150 valence electrons. The van der Waals surface area contributed by atoms with Gasteiger partial charge in [0.25, 0.3) is 5.91 Å². The Balaban J connectivity index is 1.57. The molecule has 2 heterocycles. The van der Waals surface area contributed by atoms with Gasteiger partial charge in [0.05, 0.1) is 7.11 Å². The van der Waals surface area contributed by atoms with E-state index in [9.17, 15) is 4.79 Å². The summed E-state index contributed by atoms with van der Waals surface area (Å²) < 4.78 is 12.7. The monoisotopic (exact) mass is 402 g/mol. The number of amides is 1. The number of carbonyl (C=O) groups is 1. The van der Waals surface area contributed by atoms with Gasteiger partial charge >= 0.3 is 0 Å². The van der Waals surface area contributed by atoms with E-state index in [-0.39, 0.29) is 5.91 Å². The molecule has 0 saturated carbocycles. The molecule has 0 bridgehead atoms. The maximum absolute atomic E-state index is 12.4. The van der Waals surface area contributed by atoms with Gasteiger partial charge in [-0.3, -0.25) is 9.78 Å². The van der Waals surface area contributed by atoms with Gasteiger partial charge in [-0.05, 0) is 58.5 Å². The van der Waals surface area contributed by atoms with Crippen LogP contribution in [-0.2, 0) is 6.61 Å². The summed E-state index contributed by atoms with van der Waals surface area (Å²) in [5, 5.41) is 14.2. The van der Waals surface area contributed by atoms with E-state index < -0.39 is 0 Å². The Morgan fingerprint density at radius 2 is 1.97 bits per heavy atom. The lowest BCUT2D eigenvalue weighted by Crippen LogP contribution is -2.12. The van der Waals surface area contributed by atoms with E-state index in [0.717, 1.165) is 11.3 Å². The molecular formula is C21H18N6O3. The number of methoxy groups -OCH3 is 1. The number of hydrogen-bond donors (Lipinski definition) is 1. The van der Waals surface area contributed by atoms with E-state index in [1.165, 1.54) is 11.0 Å². The Morgan fingerprint density at radius 3 is 2.73 bits per heavy atom. The first-order valence-electron chi connectivity index (χ1n) is 9.07. The average molecular weight is 402 g/mol. The summed E-state index contributed by atoms with van der Waals surface area (Å²) in [5.41, 5.74) is 2.63. The van der Waals surface area contributed by atoms with Gasteiger partial charge in [0.1, 0.15) is 30.1 Å². The van der Waals surface area contributed by atoms with E-state index in [4.69, 9.17) is 9.47 Å². The van der Waals surface area contributed by atoms with Crippen molar-refractivity contribution < 1.29 is 14.3 Å². The molecule has 30 heavy (non-hydrogen) atoms. The average Bonchev–Trinajstić information content (AvgIpc) is 3.34. The van der Waals surface area contributed by atoms with Crippen molar-refractivity contribution in [3.63, 3.8) is 0 Å². The summed E-state index contributed by atoms with van der Waals surface area (Å²) in [5.74, 6) is 1.07. The minimum absolute atomic E-state index is 0.245. The molecule has 9 nitrogen and oxygen atoms in total. The molecule has 2 aromatic carbocycles. The first-order chi connectivity index (χ1) is 14.7. The van der Waals surface area contributed by atoms with Gasteiger partial charge in [-0.25, -0.2) is 0 Å². The maximum atomic E-state index is 12.4. The molecule has 4 aromatic rings. The standard InChI is InChI=1S/C21H18N6O3/c1-29-18-4-2-3-15(11-18)13-30-20-6-5-17(12-19(20)27-14-23-25-26-27)24-21(28)16-7-9-22-10-8-16/h2-12,14H,13H2,1H3,(H,24,28). The van der Waals surface area contributed by atoms with Crippen LogP contribution in [0.2, 0.25) is 0 Å². The molecule has 1 amide bonds. The molecule has 2 aromatic heterocycles. The predicted molar refractivity (Wildman–Crippen MR) is 109 cm³/mol. The third kappa shape index (κ3) is 4.41. The lowest BCUT2D eigenvalue weighted by molar-refractivity contribution is 0.102. The van der Waals surface area contributed by atoms with Crippen molar-refractivity contribution in [2.24, 2.45) is 0 Å². The molecule has 9 heteroatoms. The fourth-order valence-corrected chi connectivity index (χ4v) is 2.80. The summed E-state index contributed by atoms with van der Waals surface area (Å²) in [6.07, 6.45) is 4.59. The van der Waals surface area contributed by atoms with Gasteiger partial charge in [-0.2, -0.15) is 4.68 Å². The minimum atomic E-state index is -0.245. The molecule has 4 rings (SSSR count). The summed E-state index contributed by atoms with van der Waals surface area (Å²) in [7, 11) is 1.62. The highest BCUT2D eigenvalue weighted by Gasteiger charge is 2.12. The number of aromatic nitrogens is 5. The number of nitrogens with zero attached hydrogens (tertiary/aromatic N) is 5. The number of anilines is 1. The number of hydrogen-bond acceptors (Lipinski definition) is 7. The van der Waals surface area contributed by atoms with Crippen molar-refractivity contribution in [3.8, 4) is 17.2 Å². The molecule has 0 radical (unpaired) electrons. The van der Waals surface area contributed by atoms with Crippen LogP contribution in [0.15, 0.2) is 73.3 Å². The zero-order valence-corrected chi connectivity index (χ0v) is 16.1. The van der Waals surface area contributed by atoms with Crippen molar-refractivity contribution in [2.45, 2.75) is 6.61 Å². The first kappa shape index (κ1) is 19.1. The highest BCUT2D eigenvalue weighted by molar-refractivity contribution is 6.04. The number of carbonyl (C=O) groups excluding carboxylic acids is 1. The summed E-state index contributed by atoms with van der Waals surface area (Å²) in [4.78, 5) is 16.4. The van der Waals surface area contributed by atoms with Crippen molar-refractivity contribution in [3.05, 3.63) is 84.4 Å². The van der Waals surface area contributed by atoms with Crippen molar-refractivity contribution in [1.29, 1.82) is 0 Å². The predicted octanol–water partition coefficient (Wildman–Crippen LogP) is 2.90. The van der Waals surface area contributed by atoms with E-state index in [1.54, 1.807) is 49.8 Å². The summed E-state index contributed by atoms with van der Waals surface area (Å²) >= 11 is 0. The molecule has 0 aliphatic rings. The number of nitrogens with one attached hydrogen (secondary N) is 1. The van der Waals surface area contributed by atoms with Crippen molar-refractivity contribution in [1.82, 2.24) is 25.2 Å². The Morgan fingerprint density at radius 1 is 1.10 bits per heavy atom. The van der Waals surface area contributed by atoms with Crippen LogP contribution in [0.25, 0.3) is 5.69 Å². The molecule has 0 fully saturated rings. The fraction of sp³-hybridized carbons (Fsp3) is 0.0952. The van der Waals surface area contributed by atoms with Crippen LogP contribution in [-0.4, -0.2) is 38.2 Å². The molecule has 0 aliphatic heterocycles. The quantitative estimate of drug-likeness (QED) is 0.507. The Labute approximate surface area is 172 Å². The zero-order valence-electron chi connectivity index (χ0n) is 16.1. The van der Waals surface area contributed by atoms with Crippen LogP contribution in [0.5, 0.6) is 11.5 Å². The lowest BCUT2D eigenvalue weighted by Gasteiger charge is -2.13. The molecular weight excluding hydrogens is 384 g/mol. The normalized spacial score (nSPS) is 10.4. The number of tetrazole rings is 1. The van der Waals surface area contributed by atoms with Crippen LogP contribution in [0.3, 0.4) is 0 Å². The van der Waals surface area contributed by atoms with E-state index in [1.807, 2.05) is 24.3 Å². The van der Waals surface area contributed by atoms with Crippen LogP contribution < -0.4 is 14.8 Å². The van der Waals surface area contributed by atoms with Crippen molar-refractivity contribution >= 4 is 11.6 Å². The van der Waals surface area contributed by atoms with E-state index in [2.05, 4.69) is 25.8 Å². The van der Waals surface area contributed by atoms with Gasteiger partial charge in [0.15, 0.2) is 0 Å². The molecule has 1 N–H and O–H groups in total. The second kappa shape index (κ2) is 8.82. The highest BCUT2D eigenvalue weighted by atomic mass is 16.5. The molecule has 0 unspecified atom stereocenters. The zero-order chi connectivity index (χ0) is 20.8. The summed E-state index contributed by atoms with van der Waals surface area (Å²) in [6.45, 7) is 0.328. The molecule has 0 aliphatic carbocycles. The third-order valence-electron chi connectivity index (χ3n) is 4.28. The largest absolute Gasteiger partial charge is 0.497 e. The number of ether oxygens (including phenoxy) is 2. The number of pyridine rings is 1. The molecule has 0 spiro atoms. The van der Waals surface area contributed by atoms with Crippen LogP contribution in [0.4, 0.5) is 5.69 Å². The van der Waals surface area contributed by atoms with E-state index in [0.29, 0.717) is 29.3 Å². The molecule has 0 atom stereocenters.